The summed E-state index contributed by atoms with van der Waals surface area (Å²) in [6, 6.07) is 2.67. The van der Waals surface area contributed by atoms with Gasteiger partial charge in [-0.25, -0.2) is 13.2 Å². The quantitative estimate of drug-likeness (QED) is 0.729. The van der Waals surface area contributed by atoms with Gasteiger partial charge in [0, 0.05) is 11.7 Å². The first-order chi connectivity index (χ1) is 11.5. The van der Waals surface area contributed by atoms with Crippen LogP contribution in [0.4, 0.5) is 23.7 Å². The summed E-state index contributed by atoms with van der Waals surface area (Å²) < 4.78 is 59.8. The van der Waals surface area contributed by atoms with Gasteiger partial charge in [0.2, 0.25) is 5.91 Å². The molecule has 138 valence electrons. The summed E-state index contributed by atoms with van der Waals surface area (Å²) in [7, 11) is -3.13. The van der Waals surface area contributed by atoms with Crippen LogP contribution in [0.15, 0.2) is 24.3 Å². The van der Waals surface area contributed by atoms with Crippen molar-refractivity contribution >= 4 is 27.5 Å². The van der Waals surface area contributed by atoms with E-state index in [2.05, 4.69) is 16.0 Å². The number of anilines is 1. The van der Waals surface area contributed by atoms with Crippen LogP contribution in [-0.2, 0) is 20.8 Å². The van der Waals surface area contributed by atoms with Crippen molar-refractivity contribution in [2.45, 2.75) is 18.6 Å². The van der Waals surface area contributed by atoms with Crippen molar-refractivity contribution in [3.8, 4) is 0 Å². The van der Waals surface area contributed by atoms with E-state index in [1.165, 1.54) is 0 Å². The van der Waals surface area contributed by atoms with Gasteiger partial charge in [-0.05, 0) is 30.7 Å². The topological polar surface area (TPSA) is 104 Å². The molecule has 3 N–H and O–H groups in total. The number of rotatable bonds is 4. The van der Waals surface area contributed by atoms with Crippen LogP contribution in [0, 0.1) is 0 Å². The predicted molar refractivity (Wildman–Crippen MR) is 83.7 cm³/mol. The molecule has 25 heavy (non-hydrogen) atoms. The zero-order chi connectivity index (χ0) is 18.7. The fourth-order valence-electron chi connectivity index (χ4n) is 2.25. The van der Waals surface area contributed by atoms with Crippen molar-refractivity contribution in [1.82, 2.24) is 10.6 Å². The lowest BCUT2D eigenvalue weighted by Crippen LogP contribution is -2.45. The highest BCUT2D eigenvalue weighted by Gasteiger charge is 2.30. The summed E-state index contributed by atoms with van der Waals surface area (Å²) in [6.07, 6.45) is -4.15. The van der Waals surface area contributed by atoms with Gasteiger partial charge in [0.1, 0.15) is 0 Å². The fraction of sp³-hybridized carbons (Fsp3) is 0.429. The number of alkyl halides is 3. The molecular formula is C14H16F3N3O4S. The molecule has 0 unspecified atom stereocenters. The maximum Gasteiger partial charge on any atom is 0.416 e. The van der Waals surface area contributed by atoms with E-state index in [1.807, 2.05) is 0 Å². The lowest BCUT2D eigenvalue weighted by molar-refractivity contribution is -0.137. The lowest BCUT2D eigenvalue weighted by Gasteiger charge is -2.12. The largest absolute Gasteiger partial charge is 0.416 e. The third-order valence-corrected chi connectivity index (χ3v) is 5.24. The average Bonchev–Trinajstić information content (AvgIpc) is 2.83. The molecule has 1 heterocycles. The molecule has 1 atom stereocenters. The standard InChI is InChI=1S/C14H16F3N3O4S/c15-14(16,17)9-1-3-10(4-2-9)19-12(21)7-18-13(22)20-11-5-6-25(23,24)8-11/h1-4,11H,5-8H2,(H,19,21)(H2,18,20,22)/t11-/m0/s1. The monoisotopic (exact) mass is 379 g/mol. The summed E-state index contributed by atoms with van der Waals surface area (Å²) in [5.74, 6) is -0.765. The van der Waals surface area contributed by atoms with Gasteiger partial charge in [-0.3, -0.25) is 4.79 Å². The Labute approximate surface area is 141 Å². The number of benzene rings is 1. The first kappa shape index (κ1) is 19.0. The number of hydrogen-bond acceptors (Lipinski definition) is 4. The second-order valence-corrected chi connectivity index (χ2v) is 7.78. The minimum atomic E-state index is -4.46. The summed E-state index contributed by atoms with van der Waals surface area (Å²) >= 11 is 0. The Morgan fingerprint density at radius 2 is 1.80 bits per heavy atom. The van der Waals surface area contributed by atoms with E-state index in [1.54, 1.807) is 0 Å². The van der Waals surface area contributed by atoms with Crippen LogP contribution < -0.4 is 16.0 Å². The van der Waals surface area contributed by atoms with Crippen LogP contribution in [-0.4, -0.2) is 44.4 Å². The molecule has 0 aliphatic carbocycles. The van der Waals surface area contributed by atoms with Crippen molar-refractivity contribution in [3.05, 3.63) is 29.8 Å². The molecule has 0 bridgehead atoms. The van der Waals surface area contributed by atoms with E-state index < -0.39 is 46.1 Å². The molecule has 0 aromatic heterocycles. The van der Waals surface area contributed by atoms with Crippen molar-refractivity contribution in [2.24, 2.45) is 0 Å². The van der Waals surface area contributed by atoms with Crippen LogP contribution in [0.1, 0.15) is 12.0 Å². The molecule has 1 aromatic carbocycles. The number of sulfone groups is 1. The van der Waals surface area contributed by atoms with Gasteiger partial charge in [-0.1, -0.05) is 0 Å². The van der Waals surface area contributed by atoms with E-state index in [0.717, 1.165) is 24.3 Å². The van der Waals surface area contributed by atoms with Gasteiger partial charge in [0.15, 0.2) is 9.84 Å². The maximum absolute atomic E-state index is 12.4. The van der Waals surface area contributed by atoms with Gasteiger partial charge in [-0.15, -0.1) is 0 Å². The molecule has 0 radical (unpaired) electrons. The van der Waals surface area contributed by atoms with Crippen LogP contribution in [0.25, 0.3) is 0 Å². The Hall–Kier alpha value is -2.30. The van der Waals surface area contributed by atoms with Crippen LogP contribution in [0.2, 0.25) is 0 Å². The maximum atomic E-state index is 12.4. The number of amides is 3. The number of carbonyl (C=O) groups is 2. The normalized spacial score (nSPS) is 19.2. The molecular weight excluding hydrogens is 363 g/mol. The van der Waals surface area contributed by atoms with Crippen LogP contribution >= 0.6 is 0 Å². The first-order valence-electron chi connectivity index (χ1n) is 7.27. The molecule has 7 nitrogen and oxygen atoms in total. The van der Waals surface area contributed by atoms with Gasteiger partial charge >= 0.3 is 12.2 Å². The predicted octanol–water partition coefficient (Wildman–Crippen LogP) is 1.13. The molecule has 2 rings (SSSR count). The van der Waals surface area contributed by atoms with Crippen molar-refractivity contribution in [3.63, 3.8) is 0 Å². The van der Waals surface area contributed by atoms with E-state index in [9.17, 15) is 31.2 Å². The van der Waals surface area contributed by atoms with E-state index in [0.29, 0.717) is 6.42 Å². The fourth-order valence-corrected chi connectivity index (χ4v) is 3.93. The third kappa shape index (κ3) is 5.93. The van der Waals surface area contributed by atoms with Crippen molar-refractivity contribution in [1.29, 1.82) is 0 Å². The Morgan fingerprint density at radius 1 is 1.16 bits per heavy atom. The minimum Gasteiger partial charge on any atom is -0.334 e. The highest BCUT2D eigenvalue weighted by atomic mass is 32.2. The molecule has 1 aromatic rings. The summed E-state index contributed by atoms with van der Waals surface area (Å²) in [5.41, 5.74) is -0.684. The number of carbonyl (C=O) groups excluding carboxylic acids is 2. The molecule has 1 fully saturated rings. The van der Waals surface area contributed by atoms with Crippen molar-refractivity contribution < 1.29 is 31.2 Å². The minimum absolute atomic E-state index is 0.00630. The molecule has 0 spiro atoms. The molecule has 11 heteroatoms. The zero-order valence-corrected chi connectivity index (χ0v) is 13.7. The number of nitrogens with one attached hydrogen (secondary N) is 3. The SMILES string of the molecule is O=C(CNC(=O)N[C@H]1CCS(=O)(=O)C1)Nc1ccc(C(F)(F)F)cc1. The molecule has 3 amide bonds. The average molecular weight is 379 g/mol. The van der Waals surface area contributed by atoms with E-state index in [4.69, 9.17) is 0 Å². The summed E-state index contributed by atoms with van der Waals surface area (Å²) in [5, 5.41) is 7.04. The van der Waals surface area contributed by atoms with Gasteiger partial charge in [-0.2, -0.15) is 13.2 Å². The Kier molecular flexibility index (Phi) is 5.55. The van der Waals surface area contributed by atoms with Gasteiger partial charge in [0.25, 0.3) is 0 Å². The van der Waals surface area contributed by atoms with Crippen LogP contribution in [0.5, 0.6) is 0 Å². The summed E-state index contributed by atoms with van der Waals surface area (Å²) in [4.78, 5) is 23.3. The Balaban J connectivity index is 1.76. The molecule has 1 saturated heterocycles. The molecule has 1 aliphatic heterocycles. The summed E-state index contributed by atoms with van der Waals surface area (Å²) in [6.45, 7) is -0.410. The Bertz CT molecular complexity index is 748. The second-order valence-electron chi connectivity index (χ2n) is 5.55. The van der Waals surface area contributed by atoms with Gasteiger partial charge < -0.3 is 16.0 Å². The zero-order valence-electron chi connectivity index (χ0n) is 12.9. The van der Waals surface area contributed by atoms with E-state index >= 15 is 0 Å². The Morgan fingerprint density at radius 3 is 2.32 bits per heavy atom. The number of urea groups is 1. The number of hydrogen-bond donors (Lipinski definition) is 3. The molecule has 1 aliphatic rings. The number of halogens is 3. The van der Waals surface area contributed by atoms with Crippen molar-refractivity contribution in [2.75, 3.05) is 23.4 Å². The third-order valence-electron chi connectivity index (χ3n) is 3.47. The van der Waals surface area contributed by atoms with Gasteiger partial charge in [0.05, 0.1) is 23.6 Å². The highest BCUT2D eigenvalue weighted by Crippen LogP contribution is 2.29. The first-order valence-corrected chi connectivity index (χ1v) is 9.09. The molecule has 0 saturated carbocycles. The van der Waals surface area contributed by atoms with E-state index in [-0.39, 0.29) is 17.2 Å². The lowest BCUT2D eigenvalue weighted by atomic mass is 10.2. The second kappa shape index (κ2) is 7.30. The van der Waals surface area contributed by atoms with Crippen LogP contribution in [0.3, 0.4) is 0 Å². The smallest absolute Gasteiger partial charge is 0.334 e. The highest BCUT2D eigenvalue weighted by molar-refractivity contribution is 7.91.